The van der Waals surface area contributed by atoms with Crippen LogP contribution in [0.5, 0.6) is 0 Å². The van der Waals surface area contributed by atoms with Gasteiger partial charge in [-0.3, -0.25) is 24.3 Å². The van der Waals surface area contributed by atoms with Gasteiger partial charge in [-0.05, 0) is 35.9 Å². The Morgan fingerprint density at radius 3 is 2.20 bits per heavy atom. The number of carboxylic acids is 1. The molecule has 184 valence electrons. The van der Waals surface area contributed by atoms with Crippen LogP contribution in [0.25, 0.3) is 0 Å². The first-order valence-corrected chi connectivity index (χ1v) is 10.2. The molecule has 2 heterocycles. The van der Waals surface area contributed by atoms with E-state index in [0.29, 0.717) is 23.2 Å². The molecule has 0 radical (unpaired) electrons. The summed E-state index contributed by atoms with van der Waals surface area (Å²) >= 11 is 0. The third-order valence-electron chi connectivity index (χ3n) is 5.63. The lowest BCUT2D eigenvalue weighted by Crippen LogP contribution is -2.58. The van der Waals surface area contributed by atoms with E-state index in [9.17, 15) is 41.8 Å². The van der Waals surface area contributed by atoms with Crippen LogP contribution in [-0.4, -0.2) is 53.7 Å². The number of cyclic esters (lactones) is 1. The zero-order valence-corrected chi connectivity index (χ0v) is 17.8. The van der Waals surface area contributed by atoms with Gasteiger partial charge >= 0.3 is 24.3 Å². The van der Waals surface area contributed by atoms with Crippen LogP contribution in [0.2, 0.25) is 0 Å². The highest BCUT2D eigenvalue weighted by Gasteiger charge is 2.45. The molecule has 4 rings (SSSR count). The minimum Gasteiger partial charge on any atom is -0.481 e. The summed E-state index contributed by atoms with van der Waals surface area (Å²) in [5.41, 5.74) is -1.76. The van der Waals surface area contributed by atoms with Crippen molar-refractivity contribution in [3.8, 4) is 0 Å². The third-order valence-corrected chi connectivity index (χ3v) is 5.63. The number of carboxylic acid groups (broad SMARTS) is 1. The van der Waals surface area contributed by atoms with Crippen molar-refractivity contribution in [2.24, 2.45) is 5.92 Å². The minimum atomic E-state index is -5.11. The fraction of sp³-hybridized carbons (Fsp3) is 0.273. The summed E-state index contributed by atoms with van der Waals surface area (Å²) in [5, 5.41) is 9.50. The summed E-state index contributed by atoms with van der Waals surface area (Å²) in [5.74, 6) is -6.14. The first-order valence-electron chi connectivity index (χ1n) is 10.2. The van der Waals surface area contributed by atoms with Crippen molar-refractivity contribution < 1.29 is 46.6 Å². The number of alkyl halides is 3. The Balaban J connectivity index is 1.67. The van der Waals surface area contributed by atoms with Crippen LogP contribution in [-0.2, 0) is 27.0 Å². The molecule has 2 aromatic carbocycles. The molecule has 35 heavy (non-hydrogen) atoms. The van der Waals surface area contributed by atoms with Crippen LogP contribution in [0.15, 0.2) is 42.5 Å². The van der Waals surface area contributed by atoms with Crippen LogP contribution in [0.1, 0.15) is 11.1 Å². The lowest BCUT2D eigenvalue weighted by molar-refractivity contribution is -0.151. The maximum absolute atomic E-state index is 14.0. The number of nitrogens with zero attached hydrogens (tertiary/aromatic N) is 3. The topological polar surface area (TPSA) is 107 Å². The molecule has 13 heteroatoms. The van der Waals surface area contributed by atoms with Crippen molar-refractivity contribution in [2.75, 3.05) is 29.5 Å². The summed E-state index contributed by atoms with van der Waals surface area (Å²) in [6.07, 6.45) is -5.67. The molecule has 0 aliphatic carbocycles. The van der Waals surface area contributed by atoms with Crippen molar-refractivity contribution in [2.45, 2.75) is 12.7 Å². The third kappa shape index (κ3) is 4.48. The number of aliphatic carboxylic acids is 1. The van der Waals surface area contributed by atoms with Gasteiger partial charge in [0.1, 0.15) is 12.4 Å². The summed E-state index contributed by atoms with van der Waals surface area (Å²) in [7, 11) is 0. The standard InChI is InChI=1S/C22H17F4N3O6/c23-16-3-1-2-12(17(16)22(24,25)26)10-29-18(30)15(19(31)32)11-28(20(29)33)14-6-4-13(5-7-14)27-8-9-35-21(27)34/h1-7,15H,8-11H2,(H,31,32). The number of anilines is 2. The van der Waals surface area contributed by atoms with Crippen LogP contribution in [0, 0.1) is 11.7 Å². The first kappa shape index (κ1) is 24.0. The number of imide groups is 1. The van der Waals surface area contributed by atoms with Gasteiger partial charge in [-0.1, -0.05) is 12.1 Å². The Hall–Kier alpha value is -4.16. The lowest BCUT2D eigenvalue weighted by Gasteiger charge is -2.37. The number of hydrogen-bond acceptors (Lipinski definition) is 5. The second kappa shape index (κ2) is 8.89. The fourth-order valence-electron chi connectivity index (χ4n) is 3.94. The highest BCUT2D eigenvalue weighted by atomic mass is 19.4. The molecule has 1 atom stereocenters. The average Bonchev–Trinajstić information content (AvgIpc) is 3.21. The predicted octanol–water partition coefficient (Wildman–Crippen LogP) is 3.47. The van der Waals surface area contributed by atoms with Gasteiger partial charge in [0.05, 0.1) is 18.7 Å². The van der Waals surface area contributed by atoms with Crippen molar-refractivity contribution in [3.05, 3.63) is 59.4 Å². The molecule has 0 bridgehead atoms. The van der Waals surface area contributed by atoms with Gasteiger partial charge in [0, 0.05) is 17.9 Å². The number of amides is 4. The molecule has 1 N–H and O–H groups in total. The van der Waals surface area contributed by atoms with Gasteiger partial charge in [0.2, 0.25) is 5.91 Å². The summed E-state index contributed by atoms with van der Waals surface area (Å²) in [6.45, 7) is -1.05. The smallest absolute Gasteiger partial charge is 0.419 e. The Labute approximate surface area is 195 Å². The maximum atomic E-state index is 14.0. The predicted molar refractivity (Wildman–Crippen MR) is 111 cm³/mol. The van der Waals surface area contributed by atoms with E-state index in [1.165, 1.54) is 29.2 Å². The zero-order chi connectivity index (χ0) is 25.5. The van der Waals surface area contributed by atoms with Gasteiger partial charge in [0.25, 0.3) is 0 Å². The van der Waals surface area contributed by atoms with Crippen LogP contribution in [0.3, 0.4) is 0 Å². The molecule has 0 aromatic heterocycles. The van der Waals surface area contributed by atoms with Crippen molar-refractivity contribution >= 4 is 35.4 Å². The van der Waals surface area contributed by atoms with Crippen molar-refractivity contribution in [3.63, 3.8) is 0 Å². The number of carbonyl (C=O) groups excluding carboxylic acids is 3. The molecule has 0 spiro atoms. The molecule has 2 aliphatic heterocycles. The molecule has 0 saturated carbocycles. The quantitative estimate of drug-likeness (QED) is 0.503. The molecular formula is C22H17F4N3O6. The molecule has 1 unspecified atom stereocenters. The number of halogens is 4. The number of carbonyl (C=O) groups is 4. The Morgan fingerprint density at radius 2 is 1.66 bits per heavy atom. The monoisotopic (exact) mass is 495 g/mol. The zero-order valence-electron chi connectivity index (χ0n) is 17.8. The normalized spacial score (nSPS) is 18.8. The largest absolute Gasteiger partial charge is 0.481 e. The molecular weight excluding hydrogens is 478 g/mol. The van der Waals surface area contributed by atoms with Gasteiger partial charge < -0.3 is 9.84 Å². The molecule has 9 nitrogen and oxygen atoms in total. The van der Waals surface area contributed by atoms with Crippen LogP contribution < -0.4 is 9.80 Å². The van der Waals surface area contributed by atoms with E-state index in [-0.39, 0.29) is 12.3 Å². The molecule has 2 aromatic rings. The van der Waals surface area contributed by atoms with Gasteiger partial charge in [0.15, 0.2) is 5.92 Å². The van der Waals surface area contributed by atoms with E-state index in [1.54, 1.807) is 0 Å². The molecule has 2 fully saturated rings. The Bertz CT molecular complexity index is 1200. The molecule has 4 amide bonds. The second-order valence-electron chi connectivity index (χ2n) is 7.76. The Kier molecular flexibility index (Phi) is 6.09. The molecule has 2 aliphatic rings. The average molecular weight is 495 g/mol. The number of benzene rings is 2. The highest BCUT2D eigenvalue weighted by Crippen LogP contribution is 2.36. The maximum Gasteiger partial charge on any atom is 0.419 e. The number of rotatable bonds is 5. The lowest BCUT2D eigenvalue weighted by atomic mass is 10.0. The van der Waals surface area contributed by atoms with E-state index >= 15 is 0 Å². The van der Waals surface area contributed by atoms with E-state index in [2.05, 4.69) is 0 Å². The summed E-state index contributed by atoms with van der Waals surface area (Å²) in [4.78, 5) is 51.9. The van der Waals surface area contributed by atoms with E-state index < -0.39 is 66.1 Å². The fourth-order valence-corrected chi connectivity index (χ4v) is 3.94. The van der Waals surface area contributed by atoms with E-state index in [0.717, 1.165) is 17.0 Å². The molecule has 2 saturated heterocycles. The minimum absolute atomic E-state index is 0.144. The SMILES string of the molecule is O=C(O)C1CN(c2ccc(N3CCOC3=O)cc2)C(=O)N(Cc2cccc(F)c2C(F)(F)F)C1=O. The number of urea groups is 1. The van der Waals surface area contributed by atoms with Gasteiger partial charge in [-0.15, -0.1) is 0 Å². The van der Waals surface area contributed by atoms with Crippen molar-refractivity contribution in [1.29, 1.82) is 0 Å². The van der Waals surface area contributed by atoms with E-state index in [1.807, 2.05) is 0 Å². The second-order valence-corrected chi connectivity index (χ2v) is 7.76. The Morgan fingerprint density at radius 1 is 1.03 bits per heavy atom. The van der Waals surface area contributed by atoms with Gasteiger partial charge in [-0.25, -0.2) is 14.0 Å². The number of hydrogen-bond donors (Lipinski definition) is 1. The summed E-state index contributed by atoms with van der Waals surface area (Å²) < 4.78 is 59.1. The van der Waals surface area contributed by atoms with Crippen LogP contribution in [0.4, 0.5) is 38.5 Å². The van der Waals surface area contributed by atoms with E-state index in [4.69, 9.17) is 4.74 Å². The number of ether oxygens (including phenoxy) is 1. The van der Waals surface area contributed by atoms with Crippen LogP contribution >= 0.6 is 0 Å². The first-order chi connectivity index (χ1) is 16.5. The summed E-state index contributed by atoms with van der Waals surface area (Å²) in [6, 6.07) is 7.16. The highest BCUT2D eigenvalue weighted by molar-refractivity contribution is 6.12. The van der Waals surface area contributed by atoms with Crippen molar-refractivity contribution in [1.82, 2.24) is 4.90 Å². The van der Waals surface area contributed by atoms with Gasteiger partial charge in [-0.2, -0.15) is 13.2 Å².